The number of nitrogens with one attached hydrogen (secondary N) is 2. The number of carbonyl (C=O) groups is 2. The van der Waals surface area contributed by atoms with Gasteiger partial charge in [-0.15, -0.1) is 0 Å². The molecule has 0 aliphatic carbocycles. The number of nitrogens with zero attached hydrogens (tertiary/aromatic N) is 2. The van der Waals surface area contributed by atoms with Crippen LogP contribution in [0.15, 0.2) is 23.0 Å². The molecule has 2 saturated heterocycles. The minimum Gasteiger partial charge on any atom is -0.311 e. The molecule has 1 aromatic carbocycles. The SMILES string of the molecule is Cn1c(=O)n(C2CCC(=O)NC2=O)c2ccc([C@H]3CCNCC3(F)F)cc21. The van der Waals surface area contributed by atoms with Gasteiger partial charge in [0, 0.05) is 13.5 Å². The van der Waals surface area contributed by atoms with E-state index in [1.54, 1.807) is 25.2 Å². The number of alkyl halides is 2. The lowest BCUT2D eigenvalue weighted by atomic mass is 9.87. The van der Waals surface area contributed by atoms with Gasteiger partial charge < -0.3 is 5.32 Å². The summed E-state index contributed by atoms with van der Waals surface area (Å²) in [5.41, 5.74) is 1.06. The van der Waals surface area contributed by atoms with E-state index >= 15 is 0 Å². The van der Waals surface area contributed by atoms with Gasteiger partial charge in [-0.25, -0.2) is 13.6 Å². The summed E-state index contributed by atoms with van der Waals surface area (Å²) in [5.74, 6) is -4.66. The molecule has 0 spiro atoms. The first-order valence-corrected chi connectivity index (χ1v) is 8.92. The fourth-order valence-corrected chi connectivity index (χ4v) is 4.07. The maximum atomic E-state index is 14.3. The van der Waals surface area contributed by atoms with E-state index < -0.39 is 29.5 Å². The van der Waals surface area contributed by atoms with Gasteiger partial charge in [-0.05, 0) is 37.1 Å². The van der Waals surface area contributed by atoms with Gasteiger partial charge >= 0.3 is 5.69 Å². The van der Waals surface area contributed by atoms with Crippen LogP contribution in [0.2, 0.25) is 0 Å². The van der Waals surface area contributed by atoms with E-state index in [1.165, 1.54) is 9.13 Å². The van der Waals surface area contributed by atoms with Crippen molar-refractivity contribution < 1.29 is 18.4 Å². The van der Waals surface area contributed by atoms with Gasteiger partial charge in [0.15, 0.2) is 0 Å². The Balaban J connectivity index is 1.80. The number of hydrogen-bond acceptors (Lipinski definition) is 4. The third kappa shape index (κ3) is 2.86. The molecule has 7 nitrogen and oxygen atoms in total. The van der Waals surface area contributed by atoms with E-state index in [4.69, 9.17) is 0 Å². The van der Waals surface area contributed by atoms with Crippen molar-refractivity contribution in [2.24, 2.45) is 7.05 Å². The lowest BCUT2D eigenvalue weighted by Crippen LogP contribution is -2.44. The number of imide groups is 1. The number of hydrogen-bond donors (Lipinski definition) is 2. The Labute approximate surface area is 153 Å². The van der Waals surface area contributed by atoms with E-state index in [0.717, 1.165) is 0 Å². The summed E-state index contributed by atoms with van der Waals surface area (Å²) in [4.78, 5) is 36.3. The highest BCUT2D eigenvalue weighted by Crippen LogP contribution is 2.38. The maximum absolute atomic E-state index is 14.3. The minimum absolute atomic E-state index is 0.151. The average Bonchev–Trinajstić information content (AvgIpc) is 2.86. The van der Waals surface area contributed by atoms with Crippen LogP contribution in [-0.4, -0.2) is 40.0 Å². The molecule has 4 rings (SSSR count). The summed E-state index contributed by atoms with van der Waals surface area (Å²) in [6.07, 6.45) is 0.691. The number of amides is 2. The van der Waals surface area contributed by atoms with Gasteiger partial charge in [0.2, 0.25) is 11.8 Å². The summed E-state index contributed by atoms with van der Waals surface area (Å²) >= 11 is 0. The molecule has 9 heteroatoms. The van der Waals surface area contributed by atoms with Crippen LogP contribution in [0.4, 0.5) is 8.78 Å². The van der Waals surface area contributed by atoms with Crippen molar-refractivity contribution in [3.63, 3.8) is 0 Å². The number of imidazole rings is 1. The van der Waals surface area contributed by atoms with Crippen LogP contribution in [0, 0.1) is 0 Å². The van der Waals surface area contributed by atoms with Gasteiger partial charge in [-0.2, -0.15) is 0 Å². The number of fused-ring (bicyclic) bond motifs is 1. The predicted molar refractivity (Wildman–Crippen MR) is 93.8 cm³/mol. The highest BCUT2D eigenvalue weighted by molar-refractivity contribution is 6.00. The number of carbonyl (C=O) groups excluding carboxylic acids is 2. The molecule has 2 N–H and O–H groups in total. The quantitative estimate of drug-likeness (QED) is 0.765. The summed E-state index contributed by atoms with van der Waals surface area (Å²) in [7, 11) is 1.55. The number of piperidine rings is 2. The third-order valence-electron chi connectivity index (χ3n) is 5.52. The molecule has 2 aromatic rings. The Morgan fingerprint density at radius 2 is 1.93 bits per heavy atom. The van der Waals surface area contributed by atoms with Crippen LogP contribution in [-0.2, 0) is 16.6 Å². The minimum atomic E-state index is -2.86. The first-order chi connectivity index (χ1) is 12.8. The molecule has 1 unspecified atom stereocenters. The van der Waals surface area contributed by atoms with Gasteiger partial charge in [0.25, 0.3) is 5.92 Å². The Morgan fingerprint density at radius 3 is 2.63 bits per heavy atom. The Bertz CT molecular complexity index is 994. The summed E-state index contributed by atoms with van der Waals surface area (Å²) in [6.45, 7) is 0.139. The van der Waals surface area contributed by atoms with E-state index in [9.17, 15) is 23.2 Å². The normalized spacial score (nSPS) is 25.6. The van der Waals surface area contributed by atoms with E-state index in [1.807, 2.05) is 0 Å². The molecule has 27 heavy (non-hydrogen) atoms. The third-order valence-corrected chi connectivity index (χ3v) is 5.52. The second kappa shape index (κ2) is 6.26. The number of aryl methyl sites for hydroxylation is 1. The number of halogens is 2. The molecule has 0 bridgehead atoms. The van der Waals surface area contributed by atoms with Crippen molar-refractivity contribution in [2.45, 2.75) is 37.1 Å². The molecular formula is C18H20F2N4O3. The summed E-state index contributed by atoms with van der Waals surface area (Å²) in [6, 6.07) is 4.05. The lowest BCUT2D eigenvalue weighted by Gasteiger charge is -2.32. The largest absolute Gasteiger partial charge is 0.329 e. The van der Waals surface area contributed by atoms with Gasteiger partial charge in [-0.1, -0.05) is 6.07 Å². The van der Waals surface area contributed by atoms with Crippen molar-refractivity contribution in [1.29, 1.82) is 0 Å². The summed E-state index contributed by atoms with van der Waals surface area (Å²) < 4.78 is 31.3. The van der Waals surface area contributed by atoms with Gasteiger partial charge in [0.05, 0.1) is 23.5 Å². The molecule has 2 fully saturated rings. The molecule has 3 heterocycles. The van der Waals surface area contributed by atoms with Gasteiger partial charge in [0.1, 0.15) is 6.04 Å². The fourth-order valence-electron chi connectivity index (χ4n) is 4.07. The molecule has 144 valence electrons. The molecule has 0 radical (unpaired) electrons. The second-order valence-electron chi connectivity index (χ2n) is 7.21. The smallest absolute Gasteiger partial charge is 0.311 e. The standard InChI is InChI=1S/C18H20F2N4O3/c1-23-14-8-10(11-6-7-21-9-18(11,19)20)2-3-12(14)24(17(23)27)13-4-5-15(25)22-16(13)26/h2-3,8,11,13,21H,4-7,9H2,1H3,(H,22,25,26)/t11-,13?/m1/s1. The molecule has 2 aliphatic rings. The van der Waals surface area contributed by atoms with E-state index in [0.29, 0.717) is 29.6 Å². The zero-order valence-corrected chi connectivity index (χ0v) is 14.8. The van der Waals surface area contributed by atoms with Crippen LogP contribution in [0.25, 0.3) is 11.0 Å². The van der Waals surface area contributed by atoms with E-state index in [2.05, 4.69) is 10.6 Å². The van der Waals surface area contributed by atoms with Crippen molar-refractivity contribution in [1.82, 2.24) is 19.8 Å². The van der Waals surface area contributed by atoms with Crippen molar-refractivity contribution in [3.05, 3.63) is 34.2 Å². The highest BCUT2D eigenvalue weighted by Gasteiger charge is 2.42. The molecular weight excluding hydrogens is 358 g/mol. The van der Waals surface area contributed by atoms with Crippen molar-refractivity contribution in [2.75, 3.05) is 13.1 Å². The second-order valence-corrected chi connectivity index (χ2v) is 7.21. The van der Waals surface area contributed by atoms with Crippen molar-refractivity contribution >= 4 is 22.8 Å². The molecule has 2 atom stereocenters. The fraction of sp³-hybridized carbons (Fsp3) is 0.500. The number of rotatable bonds is 2. The maximum Gasteiger partial charge on any atom is 0.329 e. The highest BCUT2D eigenvalue weighted by atomic mass is 19.3. The first kappa shape index (κ1) is 17.8. The number of benzene rings is 1. The Hall–Kier alpha value is -2.55. The van der Waals surface area contributed by atoms with Gasteiger partial charge in [-0.3, -0.25) is 24.0 Å². The zero-order chi connectivity index (χ0) is 19.3. The average molecular weight is 378 g/mol. The van der Waals surface area contributed by atoms with Crippen molar-refractivity contribution in [3.8, 4) is 0 Å². The van der Waals surface area contributed by atoms with Crippen LogP contribution >= 0.6 is 0 Å². The number of aromatic nitrogens is 2. The molecule has 1 aromatic heterocycles. The van der Waals surface area contributed by atoms with Crippen LogP contribution < -0.4 is 16.3 Å². The molecule has 2 amide bonds. The Morgan fingerprint density at radius 1 is 1.15 bits per heavy atom. The molecule has 0 saturated carbocycles. The first-order valence-electron chi connectivity index (χ1n) is 8.92. The monoisotopic (exact) mass is 378 g/mol. The lowest BCUT2D eigenvalue weighted by molar-refractivity contribution is -0.135. The van der Waals surface area contributed by atoms with Crippen LogP contribution in [0.1, 0.15) is 36.8 Å². The summed E-state index contributed by atoms with van der Waals surface area (Å²) in [5, 5.41) is 4.96. The Kier molecular flexibility index (Phi) is 4.14. The topological polar surface area (TPSA) is 85.1 Å². The van der Waals surface area contributed by atoms with Crippen LogP contribution in [0.5, 0.6) is 0 Å². The zero-order valence-electron chi connectivity index (χ0n) is 14.8. The van der Waals surface area contributed by atoms with Crippen LogP contribution in [0.3, 0.4) is 0 Å². The van der Waals surface area contributed by atoms with E-state index in [-0.39, 0.29) is 25.3 Å². The molecule has 2 aliphatic heterocycles. The predicted octanol–water partition coefficient (Wildman–Crippen LogP) is 1.03.